The van der Waals surface area contributed by atoms with Crippen molar-refractivity contribution in [3.63, 3.8) is 0 Å². The molecule has 2 aliphatic rings. The lowest BCUT2D eigenvalue weighted by Gasteiger charge is -2.32. The van der Waals surface area contributed by atoms with Crippen LogP contribution in [0.15, 0.2) is 48.5 Å². The standard InChI is InChI=1S/C27H30ClN3O/c28-25-21-9-4-5-12-24(21)30-26-22(25)10-6-11-23(26)27(32)29-17-19-13-15-31(16-14-19)18-20-7-2-1-3-8-20/h1-3,6-8,10-11,19H,4-5,9,12-18H2,(H,29,32). The molecule has 5 heteroatoms. The molecule has 1 amide bonds. The Bertz CT molecular complexity index is 1110. The van der Waals surface area contributed by atoms with E-state index >= 15 is 0 Å². The van der Waals surface area contributed by atoms with Crippen molar-refractivity contribution in [3.8, 4) is 0 Å². The number of halogens is 1. The van der Waals surface area contributed by atoms with Crippen LogP contribution < -0.4 is 5.32 Å². The topological polar surface area (TPSA) is 45.2 Å². The van der Waals surface area contributed by atoms with E-state index in [-0.39, 0.29) is 5.91 Å². The molecule has 32 heavy (non-hydrogen) atoms. The SMILES string of the molecule is O=C(NCC1CCN(Cc2ccccc2)CC1)c1cccc2c(Cl)c3c(nc12)CCCC3. The number of nitrogens with one attached hydrogen (secondary N) is 1. The summed E-state index contributed by atoms with van der Waals surface area (Å²) < 4.78 is 0. The highest BCUT2D eigenvalue weighted by atomic mass is 35.5. The number of rotatable bonds is 5. The number of amides is 1. The number of benzene rings is 2. The number of likely N-dealkylation sites (tertiary alicyclic amines) is 1. The Morgan fingerprint density at radius 1 is 1.03 bits per heavy atom. The molecule has 0 spiro atoms. The second-order valence-electron chi connectivity index (χ2n) is 9.18. The largest absolute Gasteiger partial charge is 0.352 e. The maximum Gasteiger partial charge on any atom is 0.253 e. The molecule has 5 rings (SSSR count). The van der Waals surface area contributed by atoms with E-state index in [1.807, 2.05) is 18.2 Å². The number of fused-ring (bicyclic) bond motifs is 2. The molecule has 1 saturated heterocycles. The zero-order chi connectivity index (χ0) is 21.9. The van der Waals surface area contributed by atoms with Gasteiger partial charge in [0, 0.05) is 24.2 Å². The molecule has 2 heterocycles. The summed E-state index contributed by atoms with van der Waals surface area (Å²) in [5, 5.41) is 4.86. The van der Waals surface area contributed by atoms with E-state index in [4.69, 9.17) is 16.6 Å². The van der Waals surface area contributed by atoms with Crippen molar-refractivity contribution in [2.45, 2.75) is 45.1 Å². The fraction of sp³-hybridized carbons (Fsp3) is 0.407. The minimum Gasteiger partial charge on any atom is -0.352 e. The number of hydrogen-bond donors (Lipinski definition) is 1. The number of carbonyl (C=O) groups is 1. The van der Waals surface area contributed by atoms with Crippen LogP contribution in [0.5, 0.6) is 0 Å². The average Bonchev–Trinajstić information content (AvgIpc) is 2.84. The molecular formula is C27H30ClN3O. The van der Waals surface area contributed by atoms with Crippen LogP contribution in [0, 0.1) is 5.92 Å². The third-order valence-electron chi connectivity index (χ3n) is 6.97. The second kappa shape index (κ2) is 9.60. The minimum absolute atomic E-state index is 0.0401. The van der Waals surface area contributed by atoms with Gasteiger partial charge in [-0.15, -0.1) is 0 Å². The van der Waals surface area contributed by atoms with Gasteiger partial charge in [0.1, 0.15) is 0 Å². The van der Waals surface area contributed by atoms with Gasteiger partial charge < -0.3 is 5.32 Å². The van der Waals surface area contributed by atoms with Crippen molar-refractivity contribution in [2.24, 2.45) is 5.92 Å². The lowest BCUT2D eigenvalue weighted by atomic mass is 9.93. The van der Waals surface area contributed by atoms with Crippen LogP contribution in [0.2, 0.25) is 5.02 Å². The van der Waals surface area contributed by atoms with Gasteiger partial charge in [-0.05, 0) is 74.7 Å². The molecule has 1 aliphatic heterocycles. The number of piperidine rings is 1. The molecule has 4 nitrogen and oxygen atoms in total. The van der Waals surface area contributed by atoms with E-state index in [2.05, 4.69) is 40.5 Å². The molecule has 0 unspecified atom stereocenters. The first-order valence-corrected chi connectivity index (χ1v) is 12.2. The number of aryl methyl sites for hydroxylation is 1. The normalized spacial score (nSPS) is 17.3. The maximum absolute atomic E-state index is 13.1. The number of nitrogens with zero attached hydrogens (tertiary/aromatic N) is 2. The lowest BCUT2D eigenvalue weighted by molar-refractivity contribution is 0.0936. The van der Waals surface area contributed by atoms with Gasteiger partial charge in [-0.25, -0.2) is 0 Å². The highest BCUT2D eigenvalue weighted by molar-refractivity contribution is 6.36. The Labute approximate surface area is 195 Å². The van der Waals surface area contributed by atoms with Crippen LogP contribution in [-0.4, -0.2) is 35.4 Å². The summed E-state index contributed by atoms with van der Waals surface area (Å²) in [7, 11) is 0. The number of hydrogen-bond acceptors (Lipinski definition) is 3. The molecule has 166 valence electrons. The summed E-state index contributed by atoms with van der Waals surface area (Å²) in [6, 6.07) is 16.4. The average molecular weight is 448 g/mol. The van der Waals surface area contributed by atoms with Crippen LogP contribution >= 0.6 is 11.6 Å². The molecule has 0 saturated carbocycles. The van der Waals surface area contributed by atoms with E-state index < -0.39 is 0 Å². The summed E-state index contributed by atoms with van der Waals surface area (Å²) >= 11 is 6.73. The molecule has 2 aromatic carbocycles. The lowest BCUT2D eigenvalue weighted by Crippen LogP contribution is -2.38. The third-order valence-corrected chi connectivity index (χ3v) is 7.41. The minimum atomic E-state index is -0.0401. The smallest absolute Gasteiger partial charge is 0.253 e. The van der Waals surface area contributed by atoms with Crippen molar-refractivity contribution in [2.75, 3.05) is 19.6 Å². The van der Waals surface area contributed by atoms with E-state index in [0.29, 0.717) is 18.0 Å². The zero-order valence-electron chi connectivity index (χ0n) is 18.4. The molecule has 0 radical (unpaired) electrons. The Balaban J connectivity index is 1.22. The number of para-hydroxylation sites is 1. The fourth-order valence-electron chi connectivity index (χ4n) is 5.09. The predicted molar refractivity (Wildman–Crippen MR) is 130 cm³/mol. The Hall–Kier alpha value is -2.43. The monoisotopic (exact) mass is 447 g/mol. The molecule has 1 N–H and O–H groups in total. The fourth-order valence-corrected chi connectivity index (χ4v) is 5.45. The van der Waals surface area contributed by atoms with Gasteiger partial charge in [0.15, 0.2) is 0 Å². The van der Waals surface area contributed by atoms with Crippen LogP contribution in [0.25, 0.3) is 10.9 Å². The second-order valence-corrected chi connectivity index (χ2v) is 9.55. The van der Waals surface area contributed by atoms with Crippen LogP contribution in [0.4, 0.5) is 0 Å². The highest BCUT2D eigenvalue weighted by Crippen LogP contribution is 2.34. The summed E-state index contributed by atoms with van der Waals surface area (Å²) in [4.78, 5) is 20.5. The molecular weight excluding hydrogens is 418 g/mol. The van der Waals surface area contributed by atoms with Crippen molar-refractivity contribution < 1.29 is 4.79 Å². The summed E-state index contributed by atoms with van der Waals surface area (Å²) in [6.07, 6.45) is 6.45. The van der Waals surface area contributed by atoms with Gasteiger partial charge in [0.25, 0.3) is 5.91 Å². The zero-order valence-corrected chi connectivity index (χ0v) is 19.2. The van der Waals surface area contributed by atoms with Crippen LogP contribution in [0.3, 0.4) is 0 Å². The third kappa shape index (κ3) is 4.53. The van der Waals surface area contributed by atoms with Gasteiger partial charge in [-0.3, -0.25) is 14.7 Å². The van der Waals surface area contributed by atoms with E-state index in [9.17, 15) is 4.79 Å². The summed E-state index contributed by atoms with van der Waals surface area (Å²) in [5.41, 5.74) is 4.99. The number of pyridine rings is 1. The molecule has 0 bridgehead atoms. The molecule has 1 aromatic heterocycles. The van der Waals surface area contributed by atoms with Gasteiger partial charge in [0.05, 0.1) is 16.1 Å². The van der Waals surface area contributed by atoms with Crippen molar-refractivity contribution >= 4 is 28.4 Å². The summed E-state index contributed by atoms with van der Waals surface area (Å²) in [6.45, 7) is 3.87. The first kappa shape index (κ1) is 21.4. The van der Waals surface area contributed by atoms with Gasteiger partial charge >= 0.3 is 0 Å². The van der Waals surface area contributed by atoms with Gasteiger partial charge in [-0.1, -0.05) is 54.1 Å². The highest BCUT2D eigenvalue weighted by Gasteiger charge is 2.22. The molecule has 1 fully saturated rings. The van der Waals surface area contributed by atoms with Crippen LogP contribution in [-0.2, 0) is 19.4 Å². The van der Waals surface area contributed by atoms with Crippen molar-refractivity contribution in [1.29, 1.82) is 0 Å². The Morgan fingerprint density at radius 3 is 2.62 bits per heavy atom. The van der Waals surface area contributed by atoms with Crippen LogP contribution in [0.1, 0.15) is 52.9 Å². The van der Waals surface area contributed by atoms with E-state index in [1.54, 1.807) is 0 Å². The van der Waals surface area contributed by atoms with Crippen molar-refractivity contribution in [1.82, 2.24) is 15.2 Å². The Morgan fingerprint density at radius 2 is 1.81 bits per heavy atom. The number of aromatic nitrogens is 1. The molecule has 0 atom stereocenters. The summed E-state index contributed by atoms with van der Waals surface area (Å²) in [5.74, 6) is 0.479. The van der Waals surface area contributed by atoms with Gasteiger partial charge in [-0.2, -0.15) is 0 Å². The quantitative estimate of drug-likeness (QED) is 0.568. The predicted octanol–water partition coefficient (Wildman–Crippen LogP) is 5.41. The molecule has 1 aliphatic carbocycles. The van der Waals surface area contributed by atoms with Crippen molar-refractivity contribution in [3.05, 3.63) is 75.9 Å². The first-order chi connectivity index (χ1) is 15.7. The van der Waals surface area contributed by atoms with E-state index in [1.165, 1.54) is 11.1 Å². The van der Waals surface area contributed by atoms with Gasteiger partial charge in [0.2, 0.25) is 0 Å². The first-order valence-electron chi connectivity index (χ1n) is 11.8. The Kier molecular flexibility index (Phi) is 6.42. The van der Waals surface area contributed by atoms with E-state index in [0.717, 1.165) is 79.8 Å². The number of carbonyl (C=O) groups excluding carboxylic acids is 1. The maximum atomic E-state index is 13.1. The molecule has 3 aromatic rings.